The van der Waals surface area contributed by atoms with Crippen molar-refractivity contribution in [1.82, 2.24) is 5.32 Å². The third kappa shape index (κ3) is 4.62. The van der Waals surface area contributed by atoms with Crippen molar-refractivity contribution in [2.45, 2.75) is 45.3 Å². The molecule has 88 valence electrons. The molecule has 0 aromatic heterocycles. The molecule has 0 bridgehead atoms. The van der Waals surface area contributed by atoms with Crippen LogP contribution in [-0.4, -0.2) is 31.5 Å². The number of amides is 1. The van der Waals surface area contributed by atoms with E-state index in [1.54, 1.807) is 0 Å². The summed E-state index contributed by atoms with van der Waals surface area (Å²) >= 11 is 0. The van der Waals surface area contributed by atoms with Gasteiger partial charge in [0.1, 0.15) is 0 Å². The van der Waals surface area contributed by atoms with Gasteiger partial charge in [-0.1, -0.05) is 6.92 Å². The molecule has 0 unspecified atom stereocenters. The average molecular weight is 215 g/mol. The zero-order valence-corrected chi connectivity index (χ0v) is 9.67. The molecule has 1 fully saturated rings. The highest BCUT2D eigenvalue weighted by Crippen LogP contribution is 2.21. The molecule has 1 N–H and O–H groups in total. The molecule has 0 aromatic rings. The number of nitrogens with one attached hydrogen (secondary N) is 1. The van der Waals surface area contributed by atoms with Crippen LogP contribution in [0, 0.1) is 0 Å². The van der Waals surface area contributed by atoms with Crippen molar-refractivity contribution in [3.8, 4) is 0 Å². The van der Waals surface area contributed by atoms with Crippen LogP contribution < -0.4 is 5.32 Å². The Morgan fingerprint density at radius 1 is 1.40 bits per heavy atom. The minimum Gasteiger partial charge on any atom is -0.356 e. The molecule has 1 aliphatic rings. The predicted octanol–water partition coefficient (Wildman–Crippen LogP) is 1.45. The summed E-state index contributed by atoms with van der Waals surface area (Å²) in [6, 6.07) is 0. The third-order valence-electron chi connectivity index (χ3n) is 2.48. The number of hydrogen-bond acceptors (Lipinski definition) is 3. The van der Waals surface area contributed by atoms with Crippen LogP contribution in [0.15, 0.2) is 0 Å². The number of rotatable bonds is 5. The van der Waals surface area contributed by atoms with Crippen LogP contribution in [0.3, 0.4) is 0 Å². The third-order valence-corrected chi connectivity index (χ3v) is 2.48. The molecule has 1 rings (SSSR count). The fourth-order valence-corrected chi connectivity index (χ4v) is 1.57. The summed E-state index contributed by atoms with van der Waals surface area (Å²) in [7, 11) is 0. The van der Waals surface area contributed by atoms with Crippen LogP contribution in [-0.2, 0) is 14.3 Å². The van der Waals surface area contributed by atoms with Gasteiger partial charge in [0.05, 0.1) is 13.2 Å². The van der Waals surface area contributed by atoms with E-state index in [2.05, 4.69) is 5.32 Å². The molecule has 1 heterocycles. The van der Waals surface area contributed by atoms with E-state index in [1.165, 1.54) is 0 Å². The molecule has 1 saturated heterocycles. The Labute approximate surface area is 91.3 Å². The van der Waals surface area contributed by atoms with Gasteiger partial charge in [0, 0.05) is 19.4 Å². The first-order valence-electron chi connectivity index (χ1n) is 5.71. The average Bonchev–Trinajstić information content (AvgIpc) is 2.19. The first kappa shape index (κ1) is 12.5. The van der Waals surface area contributed by atoms with Gasteiger partial charge < -0.3 is 14.8 Å². The Bertz CT molecular complexity index is 200. The van der Waals surface area contributed by atoms with E-state index >= 15 is 0 Å². The molecule has 1 amide bonds. The lowest BCUT2D eigenvalue weighted by atomic mass is 10.2. The van der Waals surface area contributed by atoms with E-state index in [-0.39, 0.29) is 5.91 Å². The summed E-state index contributed by atoms with van der Waals surface area (Å²) < 4.78 is 11.1. The SMILES string of the molecule is CCCC(=O)NCCC1(C)OCCCO1. The Morgan fingerprint density at radius 3 is 2.67 bits per heavy atom. The minimum absolute atomic E-state index is 0.108. The molecule has 0 aromatic carbocycles. The molecule has 15 heavy (non-hydrogen) atoms. The second kappa shape index (κ2) is 6.08. The summed E-state index contributed by atoms with van der Waals surface area (Å²) in [5.41, 5.74) is 0. The first-order chi connectivity index (χ1) is 7.16. The molecule has 4 heteroatoms. The van der Waals surface area contributed by atoms with Crippen LogP contribution >= 0.6 is 0 Å². The van der Waals surface area contributed by atoms with Crippen molar-refractivity contribution in [3.05, 3.63) is 0 Å². The van der Waals surface area contributed by atoms with Crippen LogP contribution in [0.1, 0.15) is 39.5 Å². The molecular formula is C11H21NO3. The van der Waals surface area contributed by atoms with Gasteiger partial charge in [0.15, 0.2) is 5.79 Å². The summed E-state index contributed by atoms with van der Waals surface area (Å²) in [5.74, 6) is -0.394. The Kier molecular flexibility index (Phi) is 5.05. The quantitative estimate of drug-likeness (QED) is 0.755. The van der Waals surface area contributed by atoms with Gasteiger partial charge in [0.2, 0.25) is 5.91 Å². The van der Waals surface area contributed by atoms with Gasteiger partial charge in [-0.25, -0.2) is 0 Å². The van der Waals surface area contributed by atoms with Crippen LogP contribution in [0.2, 0.25) is 0 Å². The minimum atomic E-state index is -0.502. The van der Waals surface area contributed by atoms with Gasteiger partial charge in [-0.2, -0.15) is 0 Å². The molecule has 0 aliphatic carbocycles. The number of ether oxygens (including phenoxy) is 2. The van der Waals surface area contributed by atoms with E-state index in [4.69, 9.17) is 9.47 Å². The van der Waals surface area contributed by atoms with E-state index in [1.807, 2.05) is 13.8 Å². The number of hydrogen-bond donors (Lipinski definition) is 1. The zero-order chi connectivity index (χ0) is 11.1. The molecule has 0 saturated carbocycles. The highest BCUT2D eigenvalue weighted by atomic mass is 16.7. The fraction of sp³-hybridized carbons (Fsp3) is 0.909. The van der Waals surface area contributed by atoms with E-state index in [9.17, 15) is 4.79 Å². The highest BCUT2D eigenvalue weighted by molar-refractivity contribution is 5.75. The lowest BCUT2D eigenvalue weighted by molar-refractivity contribution is -0.257. The Hall–Kier alpha value is -0.610. The maximum atomic E-state index is 11.2. The summed E-state index contributed by atoms with van der Waals surface area (Å²) in [4.78, 5) is 11.2. The first-order valence-corrected chi connectivity index (χ1v) is 5.71. The molecule has 0 radical (unpaired) electrons. The van der Waals surface area contributed by atoms with Gasteiger partial charge in [-0.3, -0.25) is 4.79 Å². The van der Waals surface area contributed by atoms with Gasteiger partial charge >= 0.3 is 0 Å². The maximum Gasteiger partial charge on any atom is 0.219 e. The predicted molar refractivity (Wildman–Crippen MR) is 57.5 cm³/mol. The monoisotopic (exact) mass is 215 g/mol. The summed E-state index contributed by atoms with van der Waals surface area (Å²) in [6.07, 6.45) is 3.15. The van der Waals surface area contributed by atoms with Crippen molar-refractivity contribution >= 4 is 5.91 Å². The van der Waals surface area contributed by atoms with Crippen molar-refractivity contribution in [1.29, 1.82) is 0 Å². The van der Waals surface area contributed by atoms with E-state index in [0.29, 0.717) is 19.4 Å². The molecule has 0 atom stereocenters. The maximum absolute atomic E-state index is 11.2. The summed E-state index contributed by atoms with van der Waals surface area (Å²) in [5, 5.41) is 2.86. The summed E-state index contributed by atoms with van der Waals surface area (Å²) in [6.45, 7) is 6.04. The zero-order valence-electron chi connectivity index (χ0n) is 9.67. The number of carbonyl (C=O) groups is 1. The van der Waals surface area contributed by atoms with Crippen LogP contribution in [0.5, 0.6) is 0 Å². The van der Waals surface area contributed by atoms with Gasteiger partial charge in [-0.15, -0.1) is 0 Å². The largest absolute Gasteiger partial charge is 0.356 e. The second-order valence-electron chi connectivity index (χ2n) is 4.03. The lowest BCUT2D eigenvalue weighted by Gasteiger charge is -2.33. The van der Waals surface area contributed by atoms with Crippen molar-refractivity contribution in [2.75, 3.05) is 19.8 Å². The van der Waals surface area contributed by atoms with Crippen LogP contribution in [0.25, 0.3) is 0 Å². The molecule has 4 nitrogen and oxygen atoms in total. The fourth-order valence-electron chi connectivity index (χ4n) is 1.57. The number of carbonyl (C=O) groups excluding carboxylic acids is 1. The molecular weight excluding hydrogens is 194 g/mol. The van der Waals surface area contributed by atoms with E-state index in [0.717, 1.165) is 26.1 Å². The second-order valence-corrected chi connectivity index (χ2v) is 4.03. The normalized spacial score (nSPS) is 19.9. The Balaban J connectivity index is 2.15. The van der Waals surface area contributed by atoms with E-state index < -0.39 is 5.79 Å². The van der Waals surface area contributed by atoms with Crippen molar-refractivity contribution in [3.63, 3.8) is 0 Å². The van der Waals surface area contributed by atoms with Crippen LogP contribution in [0.4, 0.5) is 0 Å². The van der Waals surface area contributed by atoms with Crippen molar-refractivity contribution < 1.29 is 14.3 Å². The molecule has 0 spiro atoms. The van der Waals surface area contributed by atoms with Crippen molar-refractivity contribution in [2.24, 2.45) is 0 Å². The Morgan fingerprint density at radius 2 is 2.07 bits per heavy atom. The van der Waals surface area contributed by atoms with Gasteiger partial charge in [-0.05, 0) is 19.8 Å². The standard InChI is InChI=1S/C11H21NO3/c1-3-5-10(13)12-7-6-11(2)14-8-4-9-15-11/h3-9H2,1-2H3,(H,12,13). The lowest BCUT2D eigenvalue weighted by Crippen LogP contribution is -2.40. The topological polar surface area (TPSA) is 47.6 Å². The highest BCUT2D eigenvalue weighted by Gasteiger charge is 2.28. The van der Waals surface area contributed by atoms with Gasteiger partial charge in [0.25, 0.3) is 0 Å². The smallest absolute Gasteiger partial charge is 0.219 e. The molecule has 1 aliphatic heterocycles.